The summed E-state index contributed by atoms with van der Waals surface area (Å²) in [6, 6.07) is 5.07. The monoisotopic (exact) mass is 335 g/mol. The topological polar surface area (TPSA) is 66.4 Å². The highest BCUT2D eigenvalue weighted by molar-refractivity contribution is 9.10. The van der Waals surface area contributed by atoms with Crippen LogP contribution in [0, 0.1) is 6.92 Å². The van der Waals surface area contributed by atoms with E-state index in [0.29, 0.717) is 16.5 Å². The van der Waals surface area contributed by atoms with Crippen molar-refractivity contribution in [2.24, 2.45) is 0 Å². The summed E-state index contributed by atoms with van der Waals surface area (Å²) < 4.78 is 27.4. The molecule has 0 spiro atoms. The van der Waals surface area contributed by atoms with Crippen molar-refractivity contribution in [1.29, 1.82) is 0 Å². The van der Waals surface area contributed by atoms with Crippen LogP contribution < -0.4 is 4.72 Å². The van der Waals surface area contributed by atoms with Gasteiger partial charge in [-0.2, -0.15) is 0 Å². The lowest BCUT2D eigenvalue weighted by Crippen LogP contribution is -2.40. The van der Waals surface area contributed by atoms with Crippen LogP contribution in [0.3, 0.4) is 0 Å². The van der Waals surface area contributed by atoms with Gasteiger partial charge in [0.2, 0.25) is 10.0 Å². The van der Waals surface area contributed by atoms with Gasteiger partial charge in [-0.3, -0.25) is 0 Å². The molecule has 2 N–H and O–H groups in total. The standard InChI is InChI=1S/C12H18BrNO3S/c1-4-12(3,15)8-14-18(16,17)11-7-10(13)6-5-9(11)2/h5-7,14-15H,4,8H2,1-3H3. The number of aryl methyl sites for hydroxylation is 1. The van der Waals surface area contributed by atoms with E-state index in [0.717, 1.165) is 0 Å². The van der Waals surface area contributed by atoms with Crippen LogP contribution in [0.5, 0.6) is 0 Å². The van der Waals surface area contributed by atoms with Crippen LogP contribution in [0.15, 0.2) is 27.6 Å². The first-order valence-electron chi connectivity index (χ1n) is 5.66. The van der Waals surface area contributed by atoms with Gasteiger partial charge in [-0.25, -0.2) is 13.1 Å². The number of rotatable bonds is 5. The van der Waals surface area contributed by atoms with Gasteiger partial charge in [0.1, 0.15) is 0 Å². The van der Waals surface area contributed by atoms with Gasteiger partial charge < -0.3 is 5.11 Å². The highest BCUT2D eigenvalue weighted by Gasteiger charge is 2.23. The Labute approximate surface area is 117 Å². The molecule has 1 aromatic rings. The number of sulfonamides is 1. The summed E-state index contributed by atoms with van der Waals surface area (Å²) in [5, 5.41) is 9.82. The minimum Gasteiger partial charge on any atom is -0.389 e. The summed E-state index contributed by atoms with van der Waals surface area (Å²) in [5.74, 6) is 0. The van der Waals surface area contributed by atoms with Crippen LogP contribution in [0.4, 0.5) is 0 Å². The molecule has 0 saturated carbocycles. The van der Waals surface area contributed by atoms with Crippen molar-refractivity contribution < 1.29 is 13.5 Å². The van der Waals surface area contributed by atoms with E-state index in [9.17, 15) is 13.5 Å². The molecular weight excluding hydrogens is 318 g/mol. The fourth-order valence-electron chi connectivity index (χ4n) is 1.32. The molecule has 0 amide bonds. The molecule has 6 heteroatoms. The van der Waals surface area contributed by atoms with E-state index in [4.69, 9.17) is 0 Å². The van der Waals surface area contributed by atoms with E-state index >= 15 is 0 Å². The summed E-state index contributed by atoms with van der Waals surface area (Å²) in [7, 11) is -3.60. The second kappa shape index (κ2) is 5.69. The molecule has 18 heavy (non-hydrogen) atoms. The highest BCUT2D eigenvalue weighted by Crippen LogP contribution is 2.20. The summed E-state index contributed by atoms with van der Waals surface area (Å²) >= 11 is 3.25. The first-order chi connectivity index (χ1) is 8.18. The minimum atomic E-state index is -3.60. The number of aliphatic hydroxyl groups is 1. The molecule has 4 nitrogen and oxygen atoms in total. The third kappa shape index (κ3) is 4.05. The van der Waals surface area contributed by atoms with Crippen LogP contribution in [-0.4, -0.2) is 25.7 Å². The molecule has 1 unspecified atom stereocenters. The van der Waals surface area contributed by atoms with Gasteiger partial charge in [0, 0.05) is 11.0 Å². The molecule has 1 aromatic carbocycles. The third-order valence-corrected chi connectivity index (χ3v) is 4.88. The molecule has 1 atom stereocenters. The molecule has 0 heterocycles. The molecule has 0 aliphatic heterocycles. The molecule has 1 rings (SSSR count). The molecule has 0 radical (unpaired) electrons. The average Bonchev–Trinajstić information content (AvgIpc) is 2.30. The summed E-state index contributed by atoms with van der Waals surface area (Å²) in [5.41, 5.74) is -0.366. The fraction of sp³-hybridized carbons (Fsp3) is 0.500. The zero-order chi connectivity index (χ0) is 14.0. The third-order valence-electron chi connectivity index (χ3n) is 2.84. The summed E-state index contributed by atoms with van der Waals surface area (Å²) in [4.78, 5) is 0.226. The van der Waals surface area contributed by atoms with Crippen molar-refractivity contribution in [2.45, 2.75) is 37.7 Å². The van der Waals surface area contributed by atoms with Gasteiger partial charge >= 0.3 is 0 Å². The lowest BCUT2D eigenvalue weighted by Gasteiger charge is -2.21. The summed E-state index contributed by atoms with van der Waals surface area (Å²) in [6.45, 7) is 5.14. The fourth-order valence-corrected chi connectivity index (χ4v) is 3.26. The number of hydrogen-bond donors (Lipinski definition) is 2. The zero-order valence-electron chi connectivity index (χ0n) is 10.7. The smallest absolute Gasteiger partial charge is 0.240 e. The Morgan fingerprint density at radius 1 is 1.44 bits per heavy atom. The Bertz CT molecular complexity index is 526. The number of halogens is 1. The van der Waals surface area contributed by atoms with Crippen molar-refractivity contribution >= 4 is 26.0 Å². The van der Waals surface area contributed by atoms with E-state index in [2.05, 4.69) is 20.7 Å². The van der Waals surface area contributed by atoms with E-state index in [-0.39, 0.29) is 11.4 Å². The maximum atomic E-state index is 12.1. The first kappa shape index (κ1) is 15.6. The van der Waals surface area contributed by atoms with Crippen molar-refractivity contribution in [3.63, 3.8) is 0 Å². The lowest BCUT2D eigenvalue weighted by atomic mass is 10.1. The number of benzene rings is 1. The van der Waals surface area contributed by atoms with Gasteiger partial charge in [0.25, 0.3) is 0 Å². The van der Waals surface area contributed by atoms with Crippen molar-refractivity contribution in [1.82, 2.24) is 4.72 Å². The maximum absolute atomic E-state index is 12.1. The van der Waals surface area contributed by atoms with E-state index in [1.54, 1.807) is 39.0 Å². The van der Waals surface area contributed by atoms with Crippen LogP contribution >= 0.6 is 15.9 Å². The molecule has 0 fully saturated rings. The predicted molar refractivity (Wildman–Crippen MR) is 75.0 cm³/mol. The lowest BCUT2D eigenvalue weighted by molar-refractivity contribution is 0.0613. The molecule has 0 aliphatic carbocycles. The average molecular weight is 336 g/mol. The van der Waals surface area contributed by atoms with Crippen molar-refractivity contribution in [2.75, 3.05) is 6.54 Å². The van der Waals surface area contributed by atoms with Crippen molar-refractivity contribution in [3.05, 3.63) is 28.2 Å². The maximum Gasteiger partial charge on any atom is 0.240 e. The van der Waals surface area contributed by atoms with Crippen LogP contribution in [-0.2, 0) is 10.0 Å². The largest absolute Gasteiger partial charge is 0.389 e. The molecule has 0 bridgehead atoms. The molecule has 102 valence electrons. The van der Waals surface area contributed by atoms with Gasteiger partial charge in [0.05, 0.1) is 10.5 Å². The number of hydrogen-bond acceptors (Lipinski definition) is 3. The molecule has 0 saturated heterocycles. The Morgan fingerprint density at radius 3 is 2.61 bits per heavy atom. The summed E-state index contributed by atoms with van der Waals surface area (Å²) in [6.07, 6.45) is 0.479. The van der Waals surface area contributed by atoms with E-state index < -0.39 is 15.6 Å². The van der Waals surface area contributed by atoms with Gasteiger partial charge in [0.15, 0.2) is 0 Å². The molecule has 0 aromatic heterocycles. The quantitative estimate of drug-likeness (QED) is 0.866. The Balaban J connectivity index is 2.97. The second-order valence-electron chi connectivity index (χ2n) is 4.58. The Morgan fingerprint density at radius 2 is 2.06 bits per heavy atom. The Hall–Kier alpha value is -0.430. The van der Waals surface area contributed by atoms with Gasteiger partial charge in [-0.15, -0.1) is 0 Å². The van der Waals surface area contributed by atoms with E-state index in [1.165, 1.54) is 0 Å². The van der Waals surface area contributed by atoms with Crippen LogP contribution in [0.25, 0.3) is 0 Å². The number of nitrogens with one attached hydrogen (secondary N) is 1. The second-order valence-corrected chi connectivity index (χ2v) is 7.24. The SMILES string of the molecule is CCC(C)(O)CNS(=O)(=O)c1cc(Br)ccc1C. The van der Waals surface area contributed by atoms with Crippen LogP contribution in [0.2, 0.25) is 0 Å². The minimum absolute atomic E-state index is 0.00220. The molecular formula is C12H18BrNO3S. The highest BCUT2D eigenvalue weighted by atomic mass is 79.9. The van der Waals surface area contributed by atoms with E-state index in [1.807, 2.05) is 0 Å². The van der Waals surface area contributed by atoms with Crippen LogP contribution in [0.1, 0.15) is 25.8 Å². The Kier molecular flexibility index (Phi) is 4.94. The molecule has 0 aliphatic rings. The zero-order valence-corrected chi connectivity index (χ0v) is 13.1. The normalized spacial score (nSPS) is 15.4. The van der Waals surface area contributed by atoms with Gasteiger partial charge in [-0.05, 0) is 38.0 Å². The first-order valence-corrected chi connectivity index (χ1v) is 7.94. The van der Waals surface area contributed by atoms with Crippen molar-refractivity contribution in [3.8, 4) is 0 Å². The predicted octanol–water partition coefficient (Wildman–Crippen LogP) is 2.20. The van der Waals surface area contributed by atoms with Gasteiger partial charge in [-0.1, -0.05) is 28.9 Å².